The van der Waals surface area contributed by atoms with Gasteiger partial charge in [0.25, 0.3) is 0 Å². The highest BCUT2D eigenvalue weighted by Crippen LogP contribution is 2.29. The second-order valence-corrected chi connectivity index (χ2v) is 5.49. The summed E-state index contributed by atoms with van der Waals surface area (Å²) in [5.74, 6) is 0.0584. The van der Waals surface area contributed by atoms with E-state index < -0.39 is 0 Å². The summed E-state index contributed by atoms with van der Waals surface area (Å²) in [4.78, 5) is 16.4. The van der Waals surface area contributed by atoms with E-state index in [-0.39, 0.29) is 11.2 Å². The van der Waals surface area contributed by atoms with E-state index in [1.807, 2.05) is 27.7 Å². The van der Waals surface area contributed by atoms with Crippen molar-refractivity contribution in [3.63, 3.8) is 0 Å². The molecule has 0 saturated heterocycles. The lowest BCUT2D eigenvalue weighted by molar-refractivity contribution is 0.0862. The van der Waals surface area contributed by atoms with Gasteiger partial charge in [-0.15, -0.1) is 11.3 Å². The maximum absolute atomic E-state index is 11.8. The first-order chi connectivity index (χ1) is 5.82. The minimum atomic E-state index is -0.386. The molecule has 0 amide bonds. The molecule has 0 aliphatic carbocycles. The number of halogens is 1. The Hall–Kier alpha value is -0.410. The second-order valence-electron chi connectivity index (χ2n) is 3.93. The van der Waals surface area contributed by atoms with Crippen LogP contribution in [0.5, 0.6) is 0 Å². The number of thiazole rings is 1. The molecule has 0 aliphatic heterocycles. The SMILES string of the molecule is Cc1nc(Cl)c(C(=O)C(C)(C)C)s1. The van der Waals surface area contributed by atoms with Gasteiger partial charge in [0.1, 0.15) is 4.88 Å². The molecule has 0 radical (unpaired) electrons. The number of aromatic nitrogens is 1. The lowest BCUT2D eigenvalue weighted by Gasteiger charge is -2.14. The number of Topliss-reactive ketones (excluding diaryl/α,β-unsaturated/α-hetero) is 1. The Morgan fingerprint density at radius 3 is 2.31 bits per heavy atom. The van der Waals surface area contributed by atoms with Crippen LogP contribution in [0.15, 0.2) is 0 Å². The third-order valence-electron chi connectivity index (χ3n) is 1.58. The Bertz CT molecular complexity index is 338. The standard InChI is InChI=1S/C9H12ClNOS/c1-5-11-8(10)6(13-5)7(12)9(2,3)4/h1-4H3. The van der Waals surface area contributed by atoms with Gasteiger partial charge in [-0.1, -0.05) is 32.4 Å². The summed E-state index contributed by atoms with van der Waals surface area (Å²) in [6.07, 6.45) is 0. The summed E-state index contributed by atoms with van der Waals surface area (Å²) in [7, 11) is 0. The summed E-state index contributed by atoms with van der Waals surface area (Å²) in [5, 5.41) is 1.17. The van der Waals surface area contributed by atoms with Gasteiger partial charge in [-0.3, -0.25) is 4.79 Å². The number of hydrogen-bond donors (Lipinski definition) is 0. The molecule has 0 saturated carbocycles. The van der Waals surface area contributed by atoms with Crippen molar-refractivity contribution in [3.8, 4) is 0 Å². The molecule has 1 rings (SSSR count). The predicted molar refractivity (Wildman–Crippen MR) is 55.6 cm³/mol. The summed E-state index contributed by atoms with van der Waals surface area (Å²) < 4.78 is 0. The van der Waals surface area contributed by atoms with E-state index in [1.165, 1.54) is 11.3 Å². The van der Waals surface area contributed by atoms with Gasteiger partial charge >= 0.3 is 0 Å². The van der Waals surface area contributed by atoms with Crippen molar-refractivity contribution in [2.24, 2.45) is 5.41 Å². The number of rotatable bonds is 1. The van der Waals surface area contributed by atoms with Gasteiger partial charge < -0.3 is 0 Å². The van der Waals surface area contributed by atoms with Crippen LogP contribution in [-0.2, 0) is 0 Å². The first-order valence-corrected chi connectivity index (χ1v) is 5.19. The van der Waals surface area contributed by atoms with E-state index in [0.29, 0.717) is 10.0 Å². The zero-order chi connectivity index (χ0) is 10.2. The Labute approximate surface area is 86.9 Å². The molecule has 1 heterocycles. The van der Waals surface area contributed by atoms with Crippen molar-refractivity contribution in [2.75, 3.05) is 0 Å². The molecule has 0 spiro atoms. The average molecular weight is 218 g/mol. The molecule has 0 fully saturated rings. The summed E-state index contributed by atoms with van der Waals surface area (Å²) >= 11 is 7.18. The highest BCUT2D eigenvalue weighted by atomic mass is 35.5. The molecule has 0 aliphatic rings. The molecule has 1 aromatic heterocycles. The Kier molecular flexibility index (Phi) is 2.78. The number of aryl methyl sites for hydroxylation is 1. The molecule has 4 heteroatoms. The van der Waals surface area contributed by atoms with Crippen LogP contribution in [0.4, 0.5) is 0 Å². The van der Waals surface area contributed by atoms with E-state index in [2.05, 4.69) is 4.98 Å². The van der Waals surface area contributed by atoms with Gasteiger partial charge in [-0.25, -0.2) is 4.98 Å². The summed E-state index contributed by atoms with van der Waals surface area (Å²) in [6.45, 7) is 7.47. The molecule has 0 atom stereocenters. The summed E-state index contributed by atoms with van der Waals surface area (Å²) in [6, 6.07) is 0. The lowest BCUT2D eigenvalue weighted by Crippen LogP contribution is -2.19. The monoisotopic (exact) mass is 217 g/mol. The van der Waals surface area contributed by atoms with Gasteiger partial charge in [-0.2, -0.15) is 0 Å². The molecular formula is C9H12ClNOS. The highest BCUT2D eigenvalue weighted by Gasteiger charge is 2.27. The third kappa shape index (κ3) is 2.29. The van der Waals surface area contributed by atoms with Crippen molar-refractivity contribution < 1.29 is 4.79 Å². The normalized spacial score (nSPS) is 11.8. The fraction of sp³-hybridized carbons (Fsp3) is 0.556. The van der Waals surface area contributed by atoms with Gasteiger partial charge in [-0.05, 0) is 6.92 Å². The minimum absolute atomic E-state index is 0.0584. The fourth-order valence-corrected chi connectivity index (χ4v) is 2.22. The van der Waals surface area contributed by atoms with Crippen molar-refractivity contribution >= 4 is 28.7 Å². The molecule has 13 heavy (non-hydrogen) atoms. The maximum Gasteiger partial charge on any atom is 0.181 e. The third-order valence-corrected chi connectivity index (χ3v) is 2.94. The van der Waals surface area contributed by atoms with Gasteiger partial charge in [0.15, 0.2) is 10.9 Å². The maximum atomic E-state index is 11.8. The number of hydrogen-bond acceptors (Lipinski definition) is 3. The quantitative estimate of drug-likeness (QED) is 0.676. The molecule has 0 bridgehead atoms. The van der Waals surface area contributed by atoms with E-state index in [1.54, 1.807) is 0 Å². The largest absolute Gasteiger partial charge is 0.293 e. The van der Waals surface area contributed by atoms with Crippen LogP contribution in [0.2, 0.25) is 5.15 Å². The average Bonchev–Trinajstić information content (AvgIpc) is 2.26. The molecule has 0 unspecified atom stereocenters. The van der Waals surface area contributed by atoms with Crippen LogP contribution in [0, 0.1) is 12.3 Å². The minimum Gasteiger partial charge on any atom is -0.293 e. The van der Waals surface area contributed by atoms with Crippen molar-refractivity contribution in [1.82, 2.24) is 4.98 Å². The zero-order valence-corrected chi connectivity index (χ0v) is 9.71. The highest BCUT2D eigenvalue weighted by molar-refractivity contribution is 7.14. The van der Waals surface area contributed by atoms with Gasteiger partial charge in [0.05, 0.1) is 5.01 Å². The Morgan fingerprint density at radius 2 is 2.00 bits per heavy atom. The van der Waals surface area contributed by atoms with E-state index in [0.717, 1.165) is 5.01 Å². The smallest absolute Gasteiger partial charge is 0.181 e. The van der Waals surface area contributed by atoms with Crippen molar-refractivity contribution in [1.29, 1.82) is 0 Å². The van der Waals surface area contributed by atoms with Crippen LogP contribution in [0.25, 0.3) is 0 Å². The predicted octanol–water partition coefficient (Wildman–Crippen LogP) is 3.33. The van der Waals surface area contributed by atoms with Crippen LogP contribution < -0.4 is 0 Å². The number of nitrogens with zero attached hydrogens (tertiary/aromatic N) is 1. The number of carbonyl (C=O) groups excluding carboxylic acids is 1. The van der Waals surface area contributed by atoms with E-state index >= 15 is 0 Å². The molecular weight excluding hydrogens is 206 g/mol. The van der Waals surface area contributed by atoms with Crippen LogP contribution in [-0.4, -0.2) is 10.8 Å². The topological polar surface area (TPSA) is 30.0 Å². The molecule has 2 nitrogen and oxygen atoms in total. The molecule has 72 valence electrons. The van der Waals surface area contributed by atoms with E-state index in [9.17, 15) is 4.79 Å². The van der Waals surface area contributed by atoms with E-state index in [4.69, 9.17) is 11.6 Å². The summed E-state index contributed by atoms with van der Waals surface area (Å²) in [5.41, 5.74) is -0.386. The van der Waals surface area contributed by atoms with Gasteiger partial charge in [0.2, 0.25) is 0 Å². The van der Waals surface area contributed by atoms with Crippen molar-refractivity contribution in [2.45, 2.75) is 27.7 Å². The lowest BCUT2D eigenvalue weighted by atomic mass is 9.90. The first kappa shape index (κ1) is 10.7. The van der Waals surface area contributed by atoms with Crippen molar-refractivity contribution in [3.05, 3.63) is 15.0 Å². The fourth-order valence-electron chi connectivity index (χ4n) is 0.882. The van der Waals surface area contributed by atoms with Crippen LogP contribution in [0.1, 0.15) is 35.5 Å². The first-order valence-electron chi connectivity index (χ1n) is 4.00. The molecule has 0 N–H and O–H groups in total. The van der Waals surface area contributed by atoms with Crippen LogP contribution in [0.3, 0.4) is 0 Å². The molecule has 1 aromatic rings. The Balaban J connectivity index is 3.09. The molecule has 0 aromatic carbocycles. The zero-order valence-electron chi connectivity index (χ0n) is 8.14. The van der Waals surface area contributed by atoms with Gasteiger partial charge in [0, 0.05) is 5.41 Å². The second kappa shape index (κ2) is 3.39. The Morgan fingerprint density at radius 1 is 1.46 bits per heavy atom. The van der Waals surface area contributed by atoms with Crippen LogP contribution >= 0.6 is 22.9 Å². The number of carbonyl (C=O) groups is 1. The number of ketones is 1.